The standard InChI is InChI=1S/C12H12N2O3/c1-3-14-9-6-7(2)4-5-8(9)11(15)10(13-14)12(16)17/h4-6H,3H2,1-2H3,(H,16,17). The number of aryl methyl sites for hydroxylation is 2. The zero-order chi connectivity index (χ0) is 12.6. The molecule has 1 aromatic heterocycles. The Kier molecular flexibility index (Phi) is 2.67. The number of carbonyl (C=O) groups is 1. The van der Waals surface area contributed by atoms with E-state index in [0.717, 1.165) is 5.56 Å². The maximum atomic E-state index is 11.9. The van der Waals surface area contributed by atoms with Crippen LogP contribution in [0.1, 0.15) is 23.0 Å². The van der Waals surface area contributed by atoms with Gasteiger partial charge in [-0.2, -0.15) is 5.10 Å². The van der Waals surface area contributed by atoms with Gasteiger partial charge in [0.15, 0.2) is 0 Å². The maximum Gasteiger partial charge on any atom is 0.360 e. The number of nitrogens with zero attached hydrogens (tertiary/aromatic N) is 2. The molecule has 0 aliphatic rings. The SMILES string of the molecule is CCn1nc(C(=O)O)c(=O)c2ccc(C)cc21. The van der Waals surface area contributed by atoms with E-state index < -0.39 is 17.1 Å². The van der Waals surface area contributed by atoms with Crippen molar-refractivity contribution in [3.63, 3.8) is 0 Å². The summed E-state index contributed by atoms with van der Waals surface area (Å²) in [5, 5.41) is 13.2. The first-order valence-corrected chi connectivity index (χ1v) is 5.29. The van der Waals surface area contributed by atoms with Crippen molar-refractivity contribution in [3.05, 3.63) is 39.7 Å². The summed E-state index contributed by atoms with van der Waals surface area (Å²) in [5.74, 6) is -1.29. The molecular weight excluding hydrogens is 220 g/mol. The number of carboxylic acid groups (broad SMARTS) is 1. The number of benzene rings is 1. The second-order valence-electron chi connectivity index (χ2n) is 3.82. The molecule has 5 heteroatoms. The molecule has 0 fully saturated rings. The van der Waals surface area contributed by atoms with Crippen LogP contribution in [0.5, 0.6) is 0 Å². The quantitative estimate of drug-likeness (QED) is 0.850. The maximum absolute atomic E-state index is 11.9. The molecule has 5 nitrogen and oxygen atoms in total. The molecule has 0 radical (unpaired) electrons. The van der Waals surface area contributed by atoms with E-state index in [-0.39, 0.29) is 0 Å². The molecule has 0 bridgehead atoms. The summed E-state index contributed by atoms with van der Waals surface area (Å²) in [6.07, 6.45) is 0. The summed E-state index contributed by atoms with van der Waals surface area (Å²) in [6.45, 7) is 4.28. The fraction of sp³-hybridized carbons (Fsp3) is 0.250. The third kappa shape index (κ3) is 1.80. The van der Waals surface area contributed by atoms with Gasteiger partial charge in [0, 0.05) is 11.9 Å². The predicted octanol–water partition coefficient (Wildman–Crippen LogP) is 1.42. The van der Waals surface area contributed by atoms with E-state index in [1.807, 2.05) is 19.9 Å². The molecule has 17 heavy (non-hydrogen) atoms. The molecule has 0 aliphatic carbocycles. The van der Waals surface area contributed by atoms with Crippen molar-refractivity contribution in [3.8, 4) is 0 Å². The average molecular weight is 232 g/mol. The number of carboxylic acids is 1. The smallest absolute Gasteiger partial charge is 0.360 e. The Morgan fingerprint density at radius 1 is 1.47 bits per heavy atom. The first kappa shape index (κ1) is 11.3. The second kappa shape index (κ2) is 4.01. The summed E-state index contributed by atoms with van der Waals surface area (Å²) < 4.78 is 1.53. The summed E-state index contributed by atoms with van der Waals surface area (Å²) in [7, 11) is 0. The van der Waals surface area contributed by atoms with Crippen molar-refractivity contribution < 1.29 is 9.90 Å². The molecule has 1 N–H and O–H groups in total. The largest absolute Gasteiger partial charge is 0.476 e. The van der Waals surface area contributed by atoms with Crippen molar-refractivity contribution in [2.75, 3.05) is 0 Å². The minimum Gasteiger partial charge on any atom is -0.476 e. The van der Waals surface area contributed by atoms with Crippen LogP contribution in [0.3, 0.4) is 0 Å². The van der Waals surface area contributed by atoms with Gasteiger partial charge in [-0.05, 0) is 31.5 Å². The highest BCUT2D eigenvalue weighted by molar-refractivity contribution is 5.90. The van der Waals surface area contributed by atoms with Gasteiger partial charge in [0.25, 0.3) is 0 Å². The van der Waals surface area contributed by atoms with Gasteiger partial charge in [-0.25, -0.2) is 4.79 Å². The summed E-state index contributed by atoms with van der Waals surface area (Å²) in [5.41, 5.74) is 0.715. The number of rotatable bonds is 2. The number of fused-ring (bicyclic) bond motifs is 1. The van der Waals surface area contributed by atoms with Crippen molar-refractivity contribution in [1.29, 1.82) is 0 Å². The van der Waals surface area contributed by atoms with Gasteiger partial charge in [0.1, 0.15) is 0 Å². The molecule has 88 valence electrons. The highest BCUT2D eigenvalue weighted by atomic mass is 16.4. The monoisotopic (exact) mass is 232 g/mol. The molecule has 1 aromatic carbocycles. The van der Waals surface area contributed by atoms with E-state index in [0.29, 0.717) is 17.4 Å². The number of hydrogen-bond acceptors (Lipinski definition) is 3. The second-order valence-corrected chi connectivity index (χ2v) is 3.82. The Balaban J connectivity index is 2.95. The number of aromatic carboxylic acids is 1. The zero-order valence-corrected chi connectivity index (χ0v) is 9.60. The molecule has 2 aromatic rings. The van der Waals surface area contributed by atoms with Crippen molar-refractivity contribution in [2.24, 2.45) is 0 Å². The van der Waals surface area contributed by atoms with Gasteiger partial charge >= 0.3 is 5.97 Å². The molecule has 0 unspecified atom stereocenters. The van der Waals surface area contributed by atoms with E-state index >= 15 is 0 Å². The summed E-state index contributed by atoms with van der Waals surface area (Å²) >= 11 is 0. The van der Waals surface area contributed by atoms with Crippen LogP contribution >= 0.6 is 0 Å². The lowest BCUT2D eigenvalue weighted by atomic mass is 10.1. The zero-order valence-electron chi connectivity index (χ0n) is 9.60. The van der Waals surface area contributed by atoms with Crippen LogP contribution in [0.2, 0.25) is 0 Å². The molecule has 1 heterocycles. The molecule has 0 aliphatic heterocycles. The predicted molar refractivity (Wildman–Crippen MR) is 63.4 cm³/mol. The third-order valence-corrected chi connectivity index (χ3v) is 2.61. The molecule has 0 atom stereocenters. The highest BCUT2D eigenvalue weighted by Gasteiger charge is 2.15. The average Bonchev–Trinajstić information content (AvgIpc) is 2.29. The Hall–Kier alpha value is -2.17. The first-order chi connectivity index (χ1) is 8.04. The van der Waals surface area contributed by atoms with Crippen molar-refractivity contribution in [1.82, 2.24) is 9.78 Å². The van der Waals surface area contributed by atoms with E-state index in [9.17, 15) is 9.59 Å². The molecule has 0 spiro atoms. The van der Waals surface area contributed by atoms with Crippen LogP contribution in [-0.2, 0) is 6.54 Å². The highest BCUT2D eigenvalue weighted by Crippen LogP contribution is 2.12. The summed E-state index contributed by atoms with van der Waals surface area (Å²) in [6, 6.07) is 5.27. The molecular formula is C12H12N2O3. The number of hydrogen-bond donors (Lipinski definition) is 1. The van der Waals surface area contributed by atoms with E-state index in [4.69, 9.17) is 5.11 Å². The van der Waals surface area contributed by atoms with Crippen LogP contribution in [0.25, 0.3) is 10.9 Å². The van der Waals surface area contributed by atoms with Gasteiger partial charge in [0.2, 0.25) is 11.1 Å². The van der Waals surface area contributed by atoms with E-state index in [1.165, 1.54) is 4.68 Å². The van der Waals surface area contributed by atoms with Crippen LogP contribution in [0.4, 0.5) is 0 Å². The van der Waals surface area contributed by atoms with Crippen molar-refractivity contribution in [2.45, 2.75) is 20.4 Å². The van der Waals surface area contributed by atoms with Gasteiger partial charge < -0.3 is 5.11 Å². The van der Waals surface area contributed by atoms with Crippen LogP contribution in [0, 0.1) is 6.92 Å². The Morgan fingerprint density at radius 2 is 2.18 bits per heavy atom. The Labute approximate surface area is 97.3 Å². The van der Waals surface area contributed by atoms with E-state index in [1.54, 1.807) is 12.1 Å². The normalized spacial score (nSPS) is 10.7. The van der Waals surface area contributed by atoms with Crippen LogP contribution in [-0.4, -0.2) is 20.9 Å². The first-order valence-electron chi connectivity index (χ1n) is 5.29. The molecule has 2 rings (SSSR count). The fourth-order valence-electron chi connectivity index (χ4n) is 1.78. The fourth-order valence-corrected chi connectivity index (χ4v) is 1.78. The molecule has 0 saturated carbocycles. The lowest BCUT2D eigenvalue weighted by Gasteiger charge is -2.08. The van der Waals surface area contributed by atoms with Crippen molar-refractivity contribution >= 4 is 16.9 Å². The number of aromatic nitrogens is 2. The Morgan fingerprint density at radius 3 is 2.76 bits per heavy atom. The van der Waals surface area contributed by atoms with Crippen LogP contribution in [0.15, 0.2) is 23.0 Å². The molecule has 0 amide bonds. The summed E-state index contributed by atoms with van der Waals surface area (Å²) in [4.78, 5) is 22.8. The minimum absolute atomic E-state index is 0.393. The molecule has 0 saturated heterocycles. The lowest BCUT2D eigenvalue weighted by Crippen LogP contribution is -2.22. The van der Waals surface area contributed by atoms with Gasteiger partial charge in [-0.3, -0.25) is 9.48 Å². The Bertz CT molecular complexity index is 659. The van der Waals surface area contributed by atoms with Gasteiger partial charge in [-0.1, -0.05) is 6.07 Å². The van der Waals surface area contributed by atoms with Gasteiger partial charge in [-0.15, -0.1) is 0 Å². The van der Waals surface area contributed by atoms with Gasteiger partial charge in [0.05, 0.1) is 5.52 Å². The minimum atomic E-state index is -1.29. The topological polar surface area (TPSA) is 72.2 Å². The third-order valence-electron chi connectivity index (χ3n) is 2.61. The van der Waals surface area contributed by atoms with E-state index in [2.05, 4.69) is 5.10 Å². The van der Waals surface area contributed by atoms with Crippen LogP contribution < -0.4 is 5.43 Å². The lowest BCUT2D eigenvalue weighted by molar-refractivity contribution is 0.0686.